The number of hydrogen-bond acceptors (Lipinski definition) is 1. The van der Waals surface area contributed by atoms with Gasteiger partial charge in [-0.3, -0.25) is 0 Å². The maximum absolute atomic E-state index is 13.3. The molecule has 3 heteroatoms. The van der Waals surface area contributed by atoms with E-state index in [4.69, 9.17) is 0 Å². The van der Waals surface area contributed by atoms with E-state index in [-0.39, 0.29) is 11.4 Å². The second-order valence-corrected chi connectivity index (χ2v) is 5.72. The fourth-order valence-electron chi connectivity index (χ4n) is 2.30. The van der Waals surface area contributed by atoms with Crippen LogP contribution >= 0.6 is 15.9 Å². The molecule has 0 saturated heterocycles. The van der Waals surface area contributed by atoms with Gasteiger partial charge in [0.15, 0.2) is 0 Å². The van der Waals surface area contributed by atoms with Gasteiger partial charge < -0.3 is 5.32 Å². The molecule has 0 heterocycles. The fourth-order valence-corrected chi connectivity index (χ4v) is 2.54. The van der Waals surface area contributed by atoms with Gasteiger partial charge in [-0.15, -0.1) is 0 Å². The molecule has 1 nitrogen and oxygen atoms in total. The minimum Gasteiger partial charge on any atom is -0.307 e. The lowest BCUT2D eigenvalue weighted by atomic mass is 10.0. The molecule has 0 amide bonds. The lowest BCUT2D eigenvalue weighted by Gasteiger charge is -2.25. The molecule has 0 spiro atoms. The highest BCUT2D eigenvalue weighted by Gasteiger charge is 2.27. The maximum Gasteiger partial charge on any atom is 0.137 e. The largest absolute Gasteiger partial charge is 0.307 e. The van der Waals surface area contributed by atoms with Gasteiger partial charge in [0, 0.05) is 12.1 Å². The molecule has 0 atom stereocenters. The van der Waals surface area contributed by atoms with E-state index >= 15 is 0 Å². The summed E-state index contributed by atoms with van der Waals surface area (Å²) in [6, 6.07) is 5.32. The van der Waals surface area contributed by atoms with Gasteiger partial charge in [0.1, 0.15) is 5.82 Å². The smallest absolute Gasteiger partial charge is 0.137 e. The predicted octanol–water partition coefficient (Wildman–Crippen LogP) is 4.01. The Morgan fingerprint density at radius 2 is 2.06 bits per heavy atom. The maximum atomic E-state index is 13.3. The number of nitrogens with one attached hydrogen (secondary N) is 1. The van der Waals surface area contributed by atoms with E-state index in [0.29, 0.717) is 4.47 Å². The molecule has 88 valence electrons. The van der Waals surface area contributed by atoms with E-state index in [0.717, 1.165) is 12.1 Å². The highest BCUT2D eigenvalue weighted by Crippen LogP contribution is 2.29. The first kappa shape index (κ1) is 12.1. The highest BCUT2D eigenvalue weighted by atomic mass is 79.9. The van der Waals surface area contributed by atoms with E-state index in [1.165, 1.54) is 25.7 Å². The summed E-state index contributed by atoms with van der Waals surface area (Å²) in [6.07, 6.45) is 5.06. The Bertz CT molecular complexity index is 372. The summed E-state index contributed by atoms with van der Waals surface area (Å²) in [5.41, 5.74) is 1.26. The number of benzene rings is 1. The van der Waals surface area contributed by atoms with Crippen molar-refractivity contribution >= 4 is 15.9 Å². The number of hydrogen-bond donors (Lipinski definition) is 1. The third-order valence-corrected chi connectivity index (χ3v) is 4.05. The molecule has 0 radical (unpaired) electrons. The van der Waals surface area contributed by atoms with Crippen molar-refractivity contribution in [1.29, 1.82) is 0 Å². The quantitative estimate of drug-likeness (QED) is 0.885. The Morgan fingerprint density at radius 1 is 1.38 bits per heavy atom. The highest BCUT2D eigenvalue weighted by molar-refractivity contribution is 9.10. The topological polar surface area (TPSA) is 12.0 Å². The Morgan fingerprint density at radius 3 is 2.69 bits per heavy atom. The van der Waals surface area contributed by atoms with Crippen LogP contribution in [0.5, 0.6) is 0 Å². The molecule has 1 fully saturated rings. The molecule has 1 aliphatic carbocycles. The third kappa shape index (κ3) is 2.83. The van der Waals surface area contributed by atoms with Gasteiger partial charge in [-0.2, -0.15) is 0 Å². The zero-order valence-electron chi connectivity index (χ0n) is 9.52. The van der Waals surface area contributed by atoms with Crippen LogP contribution in [0, 0.1) is 5.82 Å². The van der Waals surface area contributed by atoms with Crippen LogP contribution in [0.1, 0.15) is 38.2 Å². The molecule has 1 aliphatic rings. The van der Waals surface area contributed by atoms with Crippen LogP contribution in [0.15, 0.2) is 22.7 Å². The summed E-state index contributed by atoms with van der Waals surface area (Å²) in [4.78, 5) is 0. The van der Waals surface area contributed by atoms with E-state index in [2.05, 4.69) is 28.2 Å². The summed E-state index contributed by atoms with van der Waals surface area (Å²) in [6.45, 7) is 3.01. The molecule has 1 aromatic rings. The number of rotatable bonds is 3. The Hall–Kier alpha value is -0.410. The van der Waals surface area contributed by atoms with Crippen LogP contribution in [0.2, 0.25) is 0 Å². The molecular formula is C13H17BrFN. The van der Waals surface area contributed by atoms with Crippen molar-refractivity contribution < 1.29 is 4.39 Å². The lowest BCUT2D eigenvalue weighted by molar-refractivity contribution is 0.362. The standard InChI is InChI=1S/C13H17BrFN/c1-13(6-2-3-7-13)16-9-10-4-5-11(14)12(15)8-10/h4-5,8,16H,2-3,6-7,9H2,1H3. The molecule has 1 saturated carbocycles. The van der Waals surface area contributed by atoms with Crippen molar-refractivity contribution in [3.63, 3.8) is 0 Å². The van der Waals surface area contributed by atoms with Crippen molar-refractivity contribution in [2.45, 2.75) is 44.7 Å². The van der Waals surface area contributed by atoms with E-state index in [1.54, 1.807) is 12.1 Å². The van der Waals surface area contributed by atoms with Crippen molar-refractivity contribution in [3.8, 4) is 0 Å². The minimum absolute atomic E-state index is 0.184. The van der Waals surface area contributed by atoms with Crippen LogP contribution in [-0.4, -0.2) is 5.54 Å². The third-order valence-electron chi connectivity index (χ3n) is 3.41. The molecule has 1 N–H and O–H groups in total. The molecule has 0 aliphatic heterocycles. The molecule has 0 bridgehead atoms. The van der Waals surface area contributed by atoms with Gasteiger partial charge in [-0.1, -0.05) is 18.9 Å². The SMILES string of the molecule is CC1(NCc2ccc(Br)c(F)c2)CCCC1. The summed E-state index contributed by atoms with van der Waals surface area (Å²) >= 11 is 3.16. The van der Waals surface area contributed by atoms with Gasteiger partial charge in [-0.05, 0) is 53.4 Å². The molecule has 0 aromatic heterocycles. The van der Waals surface area contributed by atoms with Crippen LogP contribution in [0.4, 0.5) is 4.39 Å². The zero-order chi connectivity index (χ0) is 11.6. The zero-order valence-corrected chi connectivity index (χ0v) is 11.1. The minimum atomic E-state index is -0.184. The van der Waals surface area contributed by atoms with Crippen molar-refractivity contribution in [2.24, 2.45) is 0 Å². The van der Waals surface area contributed by atoms with Crippen molar-refractivity contribution in [1.82, 2.24) is 5.32 Å². The van der Waals surface area contributed by atoms with Crippen LogP contribution in [0.3, 0.4) is 0 Å². The van der Waals surface area contributed by atoms with Crippen LogP contribution < -0.4 is 5.32 Å². The average molecular weight is 286 g/mol. The molecule has 16 heavy (non-hydrogen) atoms. The monoisotopic (exact) mass is 285 g/mol. The van der Waals surface area contributed by atoms with Gasteiger partial charge in [0.05, 0.1) is 4.47 Å². The van der Waals surface area contributed by atoms with Crippen LogP contribution in [-0.2, 0) is 6.54 Å². The van der Waals surface area contributed by atoms with Gasteiger partial charge in [0.25, 0.3) is 0 Å². The fraction of sp³-hybridized carbons (Fsp3) is 0.538. The summed E-state index contributed by atoms with van der Waals surface area (Å²) in [5, 5.41) is 3.54. The molecule has 2 rings (SSSR count). The normalized spacial score (nSPS) is 18.9. The van der Waals surface area contributed by atoms with Crippen molar-refractivity contribution in [3.05, 3.63) is 34.1 Å². The summed E-state index contributed by atoms with van der Waals surface area (Å²) in [7, 11) is 0. The van der Waals surface area contributed by atoms with E-state index in [1.807, 2.05) is 6.07 Å². The van der Waals surface area contributed by atoms with Crippen molar-refractivity contribution in [2.75, 3.05) is 0 Å². The van der Waals surface area contributed by atoms with E-state index in [9.17, 15) is 4.39 Å². The Labute approximate surface area is 105 Å². The molecule has 0 unspecified atom stereocenters. The van der Waals surface area contributed by atoms with Gasteiger partial charge in [-0.25, -0.2) is 4.39 Å². The first-order valence-corrected chi connectivity index (χ1v) is 6.57. The molecule has 1 aromatic carbocycles. The lowest BCUT2D eigenvalue weighted by Crippen LogP contribution is -2.38. The Kier molecular flexibility index (Phi) is 3.65. The molecular weight excluding hydrogens is 269 g/mol. The van der Waals surface area contributed by atoms with E-state index < -0.39 is 0 Å². The average Bonchev–Trinajstić information content (AvgIpc) is 2.68. The second kappa shape index (κ2) is 4.84. The summed E-state index contributed by atoms with van der Waals surface area (Å²) < 4.78 is 13.8. The Balaban J connectivity index is 1.96. The van der Waals surface area contributed by atoms with Crippen LogP contribution in [0.25, 0.3) is 0 Å². The second-order valence-electron chi connectivity index (χ2n) is 4.87. The number of halogens is 2. The van der Waals surface area contributed by atoms with Gasteiger partial charge >= 0.3 is 0 Å². The first-order chi connectivity index (χ1) is 7.59. The van der Waals surface area contributed by atoms with Gasteiger partial charge in [0.2, 0.25) is 0 Å². The summed E-state index contributed by atoms with van der Waals surface area (Å²) in [5.74, 6) is -0.184. The predicted molar refractivity (Wildman–Crippen MR) is 67.8 cm³/mol. The first-order valence-electron chi connectivity index (χ1n) is 5.78.